The van der Waals surface area contributed by atoms with Crippen molar-refractivity contribution < 1.29 is 0 Å². The third-order valence-corrected chi connectivity index (χ3v) is 1.64. The van der Waals surface area contributed by atoms with Gasteiger partial charge >= 0.3 is 0 Å². The summed E-state index contributed by atoms with van der Waals surface area (Å²) in [5, 5.41) is 21.0. The molecule has 2 heterocycles. The molecule has 1 N–H and O–H groups in total. The van der Waals surface area contributed by atoms with Crippen molar-refractivity contribution in [3.63, 3.8) is 0 Å². The van der Waals surface area contributed by atoms with Crippen molar-refractivity contribution >= 4 is 0 Å². The van der Waals surface area contributed by atoms with Crippen LogP contribution in [0.1, 0.15) is 11.4 Å². The summed E-state index contributed by atoms with van der Waals surface area (Å²) in [5.74, 6) is 0.743. The lowest BCUT2D eigenvalue weighted by atomic mass is 10.4. The lowest BCUT2D eigenvalue weighted by Crippen LogP contribution is -1.99. The van der Waals surface area contributed by atoms with Gasteiger partial charge in [0.25, 0.3) is 0 Å². The minimum Gasteiger partial charge on any atom is -0.227 e. The van der Waals surface area contributed by atoms with E-state index in [1.807, 2.05) is 13.8 Å². The van der Waals surface area contributed by atoms with Crippen molar-refractivity contribution in [2.24, 2.45) is 0 Å². The number of hydrogen-bond donors (Lipinski definition) is 1. The minimum absolute atomic E-state index is 0.357. The second kappa shape index (κ2) is 2.85. The van der Waals surface area contributed by atoms with Gasteiger partial charge in [0.2, 0.25) is 11.6 Å². The first-order valence-electron chi connectivity index (χ1n) is 3.69. The molecule has 0 radical (unpaired) electrons. The molecule has 0 bridgehead atoms. The molecule has 0 aromatic carbocycles. The van der Waals surface area contributed by atoms with E-state index in [1.165, 1.54) is 0 Å². The first-order valence-corrected chi connectivity index (χ1v) is 3.69. The summed E-state index contributed by atoms with van der Waals surface area (Å²) in [7, 11) is 0. The molecule has 0 saturated carbocycles. The molecule has 13 heavy (non-hydrogen) atoms. The fraction of sp³-hybridized carbons (Fsp3) is 0.333. The topological polar surface area (TPSA) is 93.1 Å². The first kappa shape index (κ1) is 7.71. The van der Waals surface area contributed by atoms with Gasteiger partial charge in [0, 0.05) is 0 Å². The Morgan fingerprint density at radius 2 is 1.77 bits per heavy atom. The van der Waals surface area contributed by atoms with Crippen LogP contribution < -0.4 is 0 Å². The average Bonchev–Trinajstić information content (AvgIpc) is 2.62. The Labute approximate surface area is 73.6 Å². The number of nitrogens with zero attached hydrogens (tertiary/aromatic N) is 6. The summed E-state index contributed by atoms with van der Waals surface area (Å²) in [4.78, 5) is 4.16. The highest BCUT2D eigenvalue weighted by molar-refractivity contribution is 5.39. The second-order valence-corrected chi connectivity index (χ2v) is 2.54. The molecule has 0 fully saturated rings. The molecule has 0 spiro atoms. The molecular formula is C6H7N7. The van der Waals surface area contributed by atoms with Crippen LogP contribution in [0.15, 0.2) is 0 Å². The number of rotatable bonds is 1. The average molecular weight is 177 g/mol. The fourth-order valence-corrected chi connectivity index (χ4v) is 0.808. The molecule has 0 unspecified atom stereocenters. The predicted octanol–water partition coefficient (Wildman–Crippen LogP) is -0.331. The van der Waals surface area contributed by atoms with E-state index in [0.29, 0.717) is 11.6 Å². The zero-order valence-corrected chi connectivity index (χ0v) is 7.18. The third kappa shape index (κ3) is 1.35. The van der Waals surface area contributed by atoms with Gasteiger partial charge in [-0.05, 0) is 19.1 Å². The van der Waals surface area contributed by atoms with E-state index in [0.717, 1.165) is 11.4 Å². The van der Waals surface area contributed by atoms with Gasteiger partial charge in [0.05, 0.1) is 11.4 Å². The highest BCUT2D eigenvalue weighted by atomic mass is 15.5. The van der Waals surface area contributed by atoms with Gasteiger partial charge in [-0.2, -0.15) is 10.3 Å². The number of nitrogens with one attached hydrogen (secondary N) is 1. The van der Waals surface area contributed by atoms with Gasteiger partial charge in [-0.15, -0.1) is 15.3 Å². The van der Waals surface area contributed by atoms with Gasteiger partial charge in [0.1, 0.15) is 0 Å². The summed E-state index contributed by atoms with van der Waals surface area (Å²) < 4.78 is 0. The summed E-state index contributed by atoms with van der Waals surface area (Å²) in [6.45, 7) is 3.70. The Bertz CT molecular complexity index is 407. The van der Waals surface area contributed by atoms with Crippen molar-refractivity contribution in [3.05, 3.63) is 11.4 Å². The molecule has 0 aliphatic carbocycles. The Balaban J connectivity index is 2.49. The zero-order chi connectivity index (χ0) is 9.26. The van der Waals surface area contributed by atoms with Crippen LogP contribution in [0, 0.1) is 13.8 Å². The van der Waals surface area contributed by atoms with Crippen LogP contribution in [0.5, 0.6) is 0 Å². The van der Waals surface area contributed by atoms with Gasteiger partial charge in [0.15, 0.2) is 0 Å². The third-order valence-electron chi connectivity index (χ3n) is 1.64. The van der Waals surface area contributed by atoms with E-state index in [-0.39, 0.29) is 0 Å². The smallest absolute Gasteiger partial charge is 0.227 e. The Hall–Kier alpha value is -1.92. The number of aromatic nitrogens is 7. The number of H-pyrrole nitrogens is 1. The molecule has 66 valence electrons. The van der Waals surface area contributed by atoms with Crippen molar-refractivity contribution in [2.45, 2.75) is 13.8 Å². The van der Waals surface area contributed by atoms with Crippen LogP contribution in [0.2, 0.25) is 0 Å². The van der Waals surface area contributed by atoms with Crippen LogP contribution in [0.3, 0.4) is 0 Å². The Morgan fingerprint density at radius 3 is 2.38 bits per heavy atom. The summed E-state index contributed by atoms with van der Waals surface area (Å²) >= 11 is 0. The maximum atomic E-state index is 4.16. The lowest BCUT2D eigenvalue weighted by Gasteiger charge is -1.96. The molecule has 2 aromatic heterocycles. The molecule has 0 aliphatic heterocycles. The van der Waals surface area contributed by atoms with E-state index in [2.05, 4.69) is 35.8 Å². The standard InChI is InChI=1S/C6H7N7/c1-3-4(2)8-9-5(7-3)6-10-12-13-11-6/h1-2H3,(H,10,11,12,13). The molecule has 0 aliphatic rings. The SMILES string of the molecule is Cc1nnc(-c2nn[nH]n2)nc1C. The molecule has 7 nitrogen and oxygen atoms in total. The van der Waals surface area contributed by atoms with Gasteiger partial charge in [-0.3, -0.25) is 0 Å². The molecule has 2 aromatic rings. The highest BCUT2D eigenvalue weighted by Crippen LogP contribution is 2.06. The molecule has 2 rings (SSSR count). The van der Waals surface area contributed by atoms with E-state index >= 15 is 0 Å². The second-order valence-electron chi connectivity index (χ2n) is 2.54. The number of hydrogen-bond acceptors (Lipinski definition) is 6. The Morgan fingerprint density at radius 1 is 0.923 bits per heavy atom. The van der Waals surface area contributed by atoms with Crippen LogP contribution in [0.4, 0.5) is 0 Å². The monoisotopic (exact) mass is 177 g/mol. The predicted molar refractivity (Wildman–Crippen MR) is 42.5 cm³/mol. The van der Waals surface area contributed by atoms with E-state index < -0.39 is 0 Å². The number of aryl methyl sites for hydroxylation is 2. The summed E-state index contributed by atoms with van der Waals surface area (Å²) in [6, 6.07) is 0. The van der Waals surface area contributed by atoms with Crippen LogP contribution >= 0.6 is 0 Å². The Kier molecular flexibility index (Phi) is 1.69. The van der Waals surface area contributed by atoms with Gasteiger partial charge < -0.3 is 0 Å². The van der Waals surface area contributed by atoms with Crippen molar-refractivity contribution in [1.82, 2.24) is 35.8 Å². The highest BCUT2D eigenvalue weighted by Gasteiger charge is 2.07. The maximum absolute atomic E-state index is 4.16. The van der Waals surface area contributed by atoms with E-state index in [4.69, 9.17) is 0 Å². The van der Waals surface area contributed by atoms with Gasteiger partial charge in [-0.1, -0.05) is 0 Å². The van der Waals surface area contributed by atoms with Gasteiger partial charge in [-0.25, -0.2) is 4.98 Å². The zero-order valence-electron chi connectivity index (χ0n) is 7.18. The molecule has 0 atom stereocenters. The minimum atomic E-state index is 0.357. The summed E-state index contributed by atoms with van der Waals surface area (Å²) in [5.41, 5.74) is 1.61. The van der Waals surface area contributed by atoms with Crippen LogP contribution in [-0.4, -0.2) is 35.8 Å². The van der Waals surface area contributed by atoms with Crippen LogP contribution in [0.25, 0.3) is 11.6 Å². The molecular weight excluding hydrogens is 170 g/mol. The molecule has 0 amide bonds. The first-order chi connectivity index (χ1) is 6.27. The largest absolute Gasteiger partial charge is 0.243 e. The van der Waals surface area contributed by atoms with Crippen molar-refractivity contribution in [1.29, 1.82) is 0 Å². The quantitative estimate of drug-likeness (QED) is 0.641. The normalized spacial score (nSPS) is 10.3. The van der Waals surface area contributed by atoms with E-state index in [1.54, 1.807) is 0 Å². The number of tetrazole rings is 1. The number of aromatic amines is 1. The van der Waals surface area contributed by atoms with Crippen molar-refractivity contribution in [3.8, 4) is 11.6 Å². The van der Waals surface area contributed by atoms with Crippen molar-refractivity contribution in [2.75, 3.05) is 0 Å². The van der Waals surface area contributed by atoms with E-state index in [9.17, 15) is 0 Å². The maximum Gasteiger partial charge on any atom is 0.243 e. The molecule has 0 saturated heterocycles. The lowest BCUT2D eigenvalue weighted by molar-refractivity contribution is 0.881. The summed E-state index contributed by atoms with van der Waals surface area (Å²) in [6.07, 6.45) is 0. The molecule has 7 heteroatoms. The fourth-order valence-electron chi connectivity index (χ4n) is 0.808. The van der Waals surface area contributed by atoms with Crippen LogP contribution in [-0.2, 0) is 0 Å².